The summed E-state index contributed by atoms with van der Waals surface area (Å²) < 4.78 is 64.7. The third-order valence-corrected chi connectivity index (χ3v) is 7.16. The SMILES string of the molecule is COc1ccc(S(=O)(=O)N2CCOCC2)cc1NS(=O)(=O)/C=C/c1ccccc1. The van der Waals surface area contributed by atoms with Crippen LogP contribution < -0.4 is 9.46 Å². The number of benzene rings is 2. The van der Waals surface area contributed by atoms with E-state index in [1.165, 1.54) is 35.7 Å². The predicted octanol–water partition coefficient (Wildman–Crippen LogP) is 2.13. The van der Waals surface area contributed by atoms with Gasteiger partial charge in [-0.1, -0.05) is 30.3 Å². The van der Waals surface area contributed by atoms with Crippen LogP contribution in [0.4, 0.5) is 5.69 Å². The Kier molecular flexibility index (Phi) is 6.58. The zero-order valence-corrected chi connectivity index (χ0v) is 17.4. The van der Waals surface area contributed by atoms with E-state index in [0.29, 0.717) is 18.8 Å². The van der Waals surface area contributed by atoms with Crippen LogP contribution in [0.25, 0.3) is 6.08 Å². The van der Waals surface area contributed by atoms with Gasteiger partial charge in [-0.15, -0.1) is 0 Å². The lowest BCUT2D eigenvalue weighted by Gasteiger charge is -2.26. The van der Waals surface area contributed by atoms with Crippen LogP contribution in [0.3, 0.4) is 0 Å². The fourth-order valence-corrected chi connectivity index (χ4v) is 5.09. The number of methoxy groups -OCH3 is 1. The summed E-state index contributed by atoms with van der Waals surface area (Å²) >= 11 is 0. The van der Waals surface area contributed by atoms with Crippen LogP contribution in [0, 0.1) is 0 Å². The summed E-state index contributed by atoms with van der Waals surface area (Å²) in [6.45, 7) is 1.13. The van der Waals surface area contributed by atoms with Crippen LogP contribution >= 0.6 is 0 Å². The van der Waals surface area contributed by atoms with E-state index >= 15 is 0 Å². The predicted molar refractivity (Wildman–Crippen MR) is 111 cm³/mol. The van der Waals surface area contributed by atoms with E-state index < -0.39 is 20.0 Å². The molecule has 0 atom stereocenters. The minimum atomic E-state index is -3.89. The smallest absolute Gasteiger partial charge is 0.255 e. The van der Waals surface area contributed by atoms with Crippen LogP contribution in [-0.2, 0) is 24.8 Å². The van der Waals surface area contributed by atoms with Gasteiger partial charge in [0, 0.05) is 13.1 Å². The number of anilines is 1. The van der Waals surface area contributed by atoms with Crippen LogP contribution in [0.1, 0.15) is 5.56 Å². The third kappa shape index (κ3) is 5.36. The molecule has 1 aliphatic rings. The molecule has 1 N–H and O–H groups in total. The van der Waals surface area contributed by atoms with Gasteiger partial charge in [0.25, 0.3) is 10.0 Å². The van der Waals surface area contributed by atoms with E-state index in [9.17, 15) is 16.8 Å². The fourth-order valence-electron chi connectivity index (χ4n) is 2.78. The Bertz CT molecular complexity index is 1080. The molecule has 0 aromatic heterocycles. The highest BCUT2D eigenvalue weighted by atomic mass is 32.2. The molecule has 0 spiro atoms. The Morgan fingerprint density at radius 2 is 1.72 bits per heavy atom. The lowest BCUT2D eigenvalue weighted by atomic mass is 10.2. The topological polar surface area (TPSA) is 102 Å². The summed E-state index contributed by atoms with van der Waals surface area (Å²) in [4.78, 5) is -0.0232. The molecule has 1 heterocycles. The average molecular weight is 439 g/mol. The highest BCUT2D eigenvalue weighted by Gasteiger charge is 2.27. The normalized spacial score (nSPS) is 16.0. The van der Waals surface area contributed by atoms with Crippen molar-refractivity contribution in [1.82, 2.24) is 4.31 Å². The second-order valence-electron chi connectivity index (χ2n) is 6.24. The van der Waals surface area contributed by atoms with E-state index in [1.54, 1.807) is 24.3 Å². The summed E-state index contributed by atoms with van der Waals surface area (Å²) in [6, 6.07) is 13.0. The zero-order chi connectivity index (χ0) is 20.9. The maximum atomic E-state index is 12.9. The highest BCUT2D eigenvalue weighted by molar-refractivity contribution is 7.95. The summed E-state index contributed by atoms with van der Waals surface area (Å²) in [6.07, 6.45) is 1.45. The van der Waals surface area contributed by atoms with Gasteiger partial charge in [0.15, 0.2) is 0 Å². The van der Waals surface area contributed by atoms with E-state index in [2.05, 4.69) is 4.72 Å². The van der Waals surface area contributed by atoms with Crippen molar-refractivity contribution in [3.63, 3.8) is 0 Å². The van der Waals surface area contributed by atoms with Crippen molar-refractivity contribution in [3.8, 4) is 5.75 Å². The number of hydrogen-bond acceptors (Lipinski definition) is 6. The lowest BCUT2D eigenvalue weighted by molar-refractivity contribution is 0.0730. The molecule has 0 unspecified atom stereocenters. The number of hydrogen-bond donors (Lipinski definition) is 1. The van der Waals surface area contributed by atoms with Gasteiger partial charge in [-0.25, -0.2) is 16.8 Å². The molecule has 8 nitrogen and oxygen atoms in total. The first kappa shape index (κ1) is 21.3. The number of nitrogens with zero attached hydrogens (tertiary/aromatic N) is 1. The monoisotopic (exact) mass is 438 g/mol. The lowest BCUT2D eigenvalue weighted by Crippen LogP contribution is -2.40. The first-order valence-corrected chi connectivity index (χ1v) is 11.8. The molecule has 0 saturated carbocycles. The van der Waals surface area contributed by atoms with Gasteiger partial charge in [0.2, 0.25) is 10.0 Å². The van der Waals surface area contributed by atoms with E-state index in [-0.39, 0.29) is 29.4 Å². The van der Waals surface area contributed by atoms with Gasteiger partial charge in [0.05, 0.1) is 36.3 Å². The largest absolute Gasteiger partial charge is 0.495 e. The van der Waals surface area contributed by atoms with Crippen molar-refractivity contribution in [3.05, 3.63) is 59.5 Å². The molecule has 0 radical (unpaired) electrons. The summed E-state index contributed by atoms with van der Waals surface area (Å²) in [7, 11) is -6.29. The molecule has 2 aromatic rings. The average Bonchev–Trinajstić information content (AvgIpc) is 2.73. The van der Waals surface area contributed by atoms with Crippen LogP contribution in [0.5, 0.6) is 5.75 Å². The molecular formula is C19H22N2O6S2. The number of rotatable bonds is 7. The van der Waals surface area contributed by atoms with Gasteiger partial charge >= 0.3 is 0 Å². The number of nitrogens with one attached hydrogen (secondary N) is 1. The Labute approximate surface area is 170 Å². The Morgan fingerprint density at radius 3 is 2.38 bits per heavy atom. The standard InChI is InChI=1S/C19H22N2O6S2/c1-26-19-8-7-17(29(24,25)21-10-12-27-13-11-21)15-18(19)20-28(22,23)14-9-16-5-3-2-4-6-16/h2-9,14-15,20H,10-13H2,1H3/b14-9+. The summed E-state index contributed by atoms with van der Waals surface area (Å²) in [5.41, 5.74) is 0.757. The first-order valence-electron chi connectivity index (χ1n) is 8.84. The van der Waals surface area contributed by atoms with Crippen molar-refractivity contribution < 1.29 is 26.3 Å². The molecule has 1 saturated heterocycles. The Balaban J connectivity index is 1.88. The second-order valence-corrected chi connectivity index (χ2v) is 9.74. The molecule has 0 bridgehead atoms. The molecule has 156 valence electrons. The van der Waals surface area contributed by atoms with Crippen LogP contribution in [0.15, 0.2) is 58.8 Å². The van der Waals surface area contributed by atoms with Gasteiger partial charge in [-0.05, 0) is 29.8 Å². The van der Waals surface area contributed by atoms with Gasteiger partial charge < -0.3 is 9.47 Å². The van der Waals surface area contributed by atoms with Crippen molar-refractivity contribution >= 4 is 31.8 Å². The van der Waals surface area contributed by atoms with Gasteiger partial charge in [-0.2, -0.15) is 4.31 Å². The van der Waals surface area contributed by atoms with E-state index in [0.717, 1.165) is 5.41 Å². The summed E-state index contributed by atoms with van der Waals surface area (Å²) in [5.74, 6) is 0.211. The molecule has 10 heteroatoms. The molecule has 1 aliphatic heterocycles. The molecular weight excluding hydrogens is 416 g/mol. The summed E-state index contributed by atoms with van der Waals surface area (Å²) in [5, 5.41) is 1.02. The van der Waals surface area contributed by atoms with Crippen molar-refractivity contribution in [2.45, 2.75) is 4.90 Å². The molecule has 0 amide bonds. The minimum absolute atomic E-state index is 0.0232. The molecule has 1 fully saturated rings. The van der Waals surface area contributed by atoms with Crippen molar-refractivity contribution in [2.24, 2.45) is 0 Å². The second kappa shape index (κ2) is 8.95. The first-order chi connectivity index (χ1) is 13.8. The Morgan fingerprint density at radius 1 is 1.03 bits per heavy atom. The maximum Gasteiger partial charge on any atom is 0.255 e. The number of sulfonamides is 2. The fraction of sp³-hybridized carbons (Fsp3) is 0.263. The zero-order valence-electron chi connectivity index (χ0n) is 15.8. The van der Waals surface area contributed by atoms with Crippen LogP contribution in [0.2, 0.25) is 0 Å². The van der Waals surface area contributed by atoms with E-state index in [4.69, 9.17) is 9.47 Å². The third-order valence-electron chi connectivity index (χ3n) is 4.27. The molecule has 2 aromatic carbocycles. The minimum Gasteiger partial charge on any atom is -0.495 e. The van der Waals surface area contributed by atoms with Crippen LogP contribution in [-0.4, -0.2) is 54.6 Å². The number of morpholine rings is 1. The quantitative estimate of drug-likeness (QED) is 0.711. The molecule has 3 rings (SSSR count). The van der Waals surface area contributed by atoms with Gasteiger partial charge in [-0.3, -0.25) is 4.72 Å². The van der Waals surface area contributed by atoms with Crippen molar-refractivity contribution in [2.75, 3.05) is 38.1 Å². The molecule has 0 aliphatic carbocycles. The number of ether oxygens (including phenoxy) is 2. The maximum absolute atomic E-state index is 12.9. The van der Waals surface area contributed by atoms with Gasteiger partial charge in [0.1, 0.15) is 5.75 Å². The van der Waals surface area contributed by atoms with Crippen molar-refractivity contribution in [1.29, 1.82) is 0 Å². The highest BCUT2D eigenvalue weighted by Crippen LogP contribution is 2.30. The Hall–Kier alpha value is -2.40. The molecule has 29 heavy (non-hydrogen) atoms. The van der Waals surface area contributed by atoms with E-state index in [1.807, 2.05) is 6.07 Å².